The van der Waals surface area contributed by atoms with E-state index in [4.69, 9.17) is 21.1 Å². The van der Waals surface area contributed by atoms with Crippen molar-refractivity contribution in [2.24, 2.45) is 0 Å². The number of benzene rings is 2. The molecule has 0 atom stereocenters. The van der Waals surface area contributed by atoms with Crippen LogP contribution in [0.25, 0.3) is 6.08 Å². The molecule has 150 valence electrons. The molecule has 0 aliphatic rings. The maximum Gasteiger partial charge on any atom is 0.186 e. The van der Waals surface area contributed by atoms with E-state index < -0.39 is 5.82 Å². The number of rotatable bonds is 7. The van der Waals surface area contributed by atoms with Gasteiger partial charge in [-0.15, -0.1) is 11.3 Å². The molecule has 0 aliphatic carbocycles. The van der Waals surface area contributed by atoms with Gasteiger partial charge in [0.15, 0.2) is 5.78 Å². The summed E-state index contributed by atoms with van der Waals surface area (Å²) in [6, 6.07) is 11.7. The topological polar surface area (TPSA) is 35.5 Å². The molecule has 6 heteroatoms. The molecule has 0 saturated heterocycles. The highest BCUT2D eigenvalue weighted by Gasteiger charge is 2.10. The van der Waals surface area contributed by atoms with Crippen molar-refractivity contribution in [1.82, 2.24) is 0 Å². The third kappa shape index (κ3) is 5.25. The second kappa shape index (κ2) is 9.25. The number of methoxy groups -OCH3 is 1. The van der Waals surface area contributed by atoms with Gasteiger partial charge in [-0.2, -0.15) is 0 Å². The summed E-state index contributed by atoms with van der Waals surface area (Å²) in [6.07, 6.45) is 3.34. The minimum atomic E-state index is -0.496. The third-order valence-corrected chi connectivity index (χ3v) is 5.58. The van der Waals surface area contributed by atoms with Gasteiger partial charge < -0.3 is 9.47 Å². The van der Waals surface area contributed by atoms with Gasteiger partial charge in [0, 0.05) is 26.9 Å². The van der Waals surface area contributed by atoms with Crippen molar-refractivity contribution in [3.8, 4) is 11.5 Å². The van der Waals surface area contributed by atoms with Crippen LogP contribution in [0.2, 0.25) is 5.02 Å². The van der Waals surface area contributed by atoms with Crippen molar-refractivity contribution in [3.63, 3.8) is 0 Å². The lowest BCUT2D eigenvalue weighted by molar-refractivity contribution is 0.104. The van der Waals surface area contributed by atoms with Gasteiger partial charge in [-0.3, -0.25) is 4.79 Å². The Labute approximate surface area is 178 Å². The van der Waals surface area contributed by atoms with Gasteiger partial charge in [0.1, 0.15) is 23.9 Å². The van der Waals surface area contributed by atoms with E-state index in [9.17, 15) is 9.18 Å². The maximum atomic E-state index is 13.3. The van der Waals surface area contributed by atoms with Crippen molar-refractivity contribution in [1.29, 1.82) is 0 Å². The first-order valence-electron chi connectivity index (χ1n) is 8.91. The van der Waals surface area contributed by atoms with Crippen LogP contribution in [0, 0.1) is 19.7 Å². The van der Waals surface area contributed by atoms with E-state index in [1.165, 1.54) is 18.2 Å². The second-order valence-corrected chi connectivity index (χ2v) is 8.33. The van der Waals surface area contributed by atoms with E-state index in [1.54, 1.807) is 30.6 Å². The molecule has 2 aromatic carbocycles. The van der Waals surface area contributed by atoms with E-state index in [0.29, 0.717) is 11.5 Å². The Bertz CT molecular complexity index is 1070. The number of halogens is 2. The molecule has 0 aliphatic heterocycles. The number of ketones is 1. The smallest absolute Gasteiger partial charge is 0.186 e. The number of carbonyl (C=O) groups excluding carboxylic acids is 1. The highest BCUT2D eigenvalue weighted by atomic mass is 35.5. The van der Waals surface area contributed by atoms with Crippen molar-refractivity contribution >= 4 is 34.8 Å². The molecule has 0 spiro atoms. The van der Waals surface area contributed by atoms with E-state index in [1.807, 2.05) is 38.1 Å². The maximum absolute atomic E-state index is 13.3. The molecule has 0 amide bonds. The number of ether oxygens (including phenoxy) is 2. The molecule has 0 radical (unpaired) electrons. The van der Waals surface area contributed by atoms with Gasteiger partial charge in [0.05, 0.1) is 12.1 Å². The van der Waals surface area contributed by atoms with Crippen LogP contribution in [0.5, 0.6) is 11.5 Å². The zero-order chi connectivity index (χ0) is 21.0. The molecule has 3 nitrogen and oxygen atoms in total. The van der Waals surface area contributed by atoms with Crippen molar-refractivity contribution in [2.45, 2.75) is 20.5 Å². The lowest BCUT2D eigenvalue weighted by Gasteiger charge is -2.11. The Morgan fingerprint density at radius 3 is 2.62 bits per heavy atom. The number of hydrogen-bond donors (Lipinski definition) is 0. The molecular formula is C23H20ClFO3S. The summed E-state index contributed by atoms with van der Waals surface area (Å²) in [7, 11) is 1.58. The van der Waals surface area contributed by atoms with Gasteiger partial charge in [-0.05, 0) is 55.8 Å². The van der Waals surface area contributed by atoms with Crippen LogP contribution in [0.1, 0.15) is 31.2 Å². The normalized spacial score (nSPS) is 11.1. The molecule has 0 N–H and O–H groups in total. The fourth-order valence-corrected chi connectivity index (χ4v) is 3.98. The van der Waals surface area contributed by atoms with Crippen molar-refractivity contribution in [2.75, 3.05) is 7.11 Å². The molecule has 3 rings (SSSR count). The first-order valence-corrected chi connectivity index (χ1v) is 10.1. The van der Waals surface area contributed by atoms with Crippen molar-refractivity contribution < 1.29 is 18.7 Å². The molecule has 29 heavy (non-hydrogen) atoms. The van der Waals surface area contributed by atoms with Crippen molar-refractivity contribution in [3.05, 3.63) is 85.8 Å². The van der Waals surface area contributed by atoms with Gasteiger partial charge in [0.2, 0.25) is 0 Å². The minimum absolute atomic E-state index is 0.00335. The SMILES string of the molecule is COc1ccc(/C=C/C(=O)c2cc(C)sc2C)cc1COc1ccc(F)c(Cl)c1. The molecular weight excluding hydrogens is 411 g/mol. The van der Waals surface area contributed by atoms with E-state index in [2.05, 4.69) is 0 Å². The summed E-state index contributed by atoms with van der Waals surface area (Å²) < 4.78 is 24.4. The minimum Gasteiger partial charge on any atom is -0.496 e. The largest absolute Gasteiger partial charge is 0.496 e. The lowest BCUT2D eigenvalue weighted by Crippen LogP contribution is -2.00. The predicted octanol–water partition coefficient (Wildman–Crippen LogP) is 6.64. The van der Waals surface area contributed by atoms with E-state index >= 15 is 0 Å². The van der Waals surface area contributed by atoms with Gasteiger partial charge in [-0.25, -0.2) is 4.39 Å². The predicted molar refractivity (Wildman–Crippen MR) is 116 cm³/mol. The van der Waals surface area contributed by atoms with Gasteiger partial charge in [0.25, 0.3) is 0 Å². The summed E-state index contributed by atoms with van der Waals surface area (Å²) in [5, 5.41) is 0.00335. The summed E-state index contributed by atoms with van der Waals surface area (Å²) >= 11 is 7.41. The Morgan fingerprint density at radius 1 is 1.17 bits per heavy atom. The Kier molecular flexibility index (Phi) is 6.72. The fourth-order valence-electron chi connectivity index (χ4n) is 2.88. The number of carbonyl (C=O) groups is 1. The number of thiophene rings is 1. The zero-order valence-corrected chi connectivity index (χ0v) is 17.9. The van der Waals surface area contributed by atoms with Crippen LogP contribution in [-0.2, 0) is 6.61 Å². The third-order valence-electron chi connectivity index (χ3n) is 4.32. The summed E-state index contributed by atoms with van der Waals surface area (Å²) in [4.78, 5) is 14.6. The molecule has 1 heterocycles. The molecule has 1 aromatic heterocycles. The standard InChI is InChI=1S/C23H20ClFO3S/c1-14-10-19(15(2)29-14)22(26)8-4-16-5-9-23(27-3)17(11-16)13-28-18-6-7-21(25)20(24)12-18/h4-12H,13H2,1-3H3/b8-4+. The van der Waals surface area contributed by atoms with Crippen LogP contribution in [0.4, 0.5) is 4.39 Å². The molecule has 0 fully saturated rings. The van der Waals surface area contributed by atoms with E-state index in [0.717, 1.165) is 26.4 Å². The van der Waals surface area contributed by atoms with Gasteiger partial charge >= 0.3 is 0 Å². The fraction of sp³-hybridized carbons (Fsp3) is 0.174. The highest BCUT2D eigenvalue weighted by Crippen LogP contribution is 2.26. The second-order valence-electron chi connectivity index (χ2n) is 6.46. The summed E-state index contributed by atoms with van der Waals surface area (Å²) in [6.45, 7) is 4.15. The van der Waals surface area contributed by atoms with Crippen LogP contribution >= 0.6 is 22.9 Å². The van der Waals surface area contributed by atoms with E-state index in [-0.39, 0.29) is 17.4 Å². The number of allylic oxidation sites excluding steroid dienone is 1. The van der Waals surface area contributed by atoms with Crippen LogP contribution in [0.3, 0.4) is 0 Å². The number of aryl methyl sites for hydroxylation is 2. The summed E-state index contributed by atoms with van der Waals surface area (Å²) in [5.41, 5.74) is 2.37. The van der Waals surface area contributed by atoms with Gasteiger partial charge in [-0.1, -0.05) is 23.7 Å². The van der Waals surface area contributed by atoms with Crippen LogP contribution in [-0.4, -0.2) is 12.9 Å². The number of hydrogen-bond acceptors (Lipinski definition) is 4. The Balaban J connectivity index is 1.76. The Morgan fingerprint density at radius 2 is 1.97 bits per heavy atom. The Hall–Kier alpha value is -2.63. The molecule has 0 saturated carbocycles. The highest BCUT2D eigenvalue weighted by molar-refractivity contribution is 7.12. The van der Waals surface area contributed by atoms with Crippen LogP contribution < -0.4 is 9.47 Å². The average Bonchev–Trinajstić information content (AvgIpc) is 3.05. The van der Waals surface area contributed by atoms with Crippen LogP contribution in [0.15, 0.2) is 48.5 Å². The first kappa shape index (κ1) is 21.1. The average molecular weight is 431 g/mol. The lowest BCUT2D eigenvalue weighted by atomic mass is 10.1. The summed E-state index contributed by atoms with van der Waals surface area (Å²) in [5.74, 6) is 0.592. The molecule has 0 bridgehead atoms. The monoisotopic (exact) mass is 430 g/mol. The zero-order valence-electron chi connectivity index (χ0n) is 16.3. The molecule has 0 unspecified atom stereocenters. The first-order chi connectivity index (χ1) is 13.9. The molecule has 3 aromatic rings. The quantitative estimate of drug-likeness (QED) is 0.311.